The third-order valence-electron chi connectivity index (χ3n) is 5.05. The lowest BCUT2D eigenvalue weighted by Crippen LogP contribution is -2.59. The number of ether oxygens (including phenoxy) is 1. The molecule has 2 fully saturated rings. The predicted octanol–water partition coefficient (Wildman–Crippen LogP) is 1.76. The predicted molar refractivity (Wildman–Crippen MR) is 84.9 cm³/mol. The Labute approximate surface area is 129 Å². The molecule has 2 N–H and O–H groups in total. The van der Waals surface area contributed by atoms with Crippen LogP contribution in [0.25, 0.3) is 10.9 Å². The van der Waals surface area contributed by atoms with Crippen molar-refractivity contribution in [2.75, 3.05) is 20.3 Å². The molecule has 2 aliphatic heterocycles. The number of para-hydroxylation sites is 1. The van der Waals surface area contributed by atoms with Gasteiger partial charge >= 0.3 is 0 Å². The highest BCUT2D eigenvalue weighted by Gasteiger charge is 2.37. The third kappa shape index (κ3) is 2.30. The Hall–Kier alpha value is -1.85. The van der Waals surface area contributed by atoms with Crippen LogP contribution in [0.1, 0.15) is 23.2 Å². The molecule has 2 bridgehead atoms. The molecule has 5 nitrogen and oxygen atoms in total. The number of carbonyl (C=O) groups is 1. The van der Waals surface area contributed by atoms with E-state index in [2.05, 4.69) is 22.2 Å². The second-order valence-corrected chi connectivity index (χ2v) is 6.40. The number of morpholine rings is 1. The number of nitrogens with one attached hydrogen (secondary N) is 2. The molecule has 0 saturated carbocycles. The van der Waals surface area contributed by atoms with Crippen LogP contribution in [0, 0.1) is 0 Å². The van der Waals surface area contributed by atoms with Crippen molar-refractivity contribution in [1.82, 2.24) is 15.2 Å². The van der Waals surface area contributed by atoms with Crippen LogP contribution in [0.3, 0.4) is 0 Å². The molecule has 2 saturated heterocycles. The van der Waals surface area contributed by atoms with Crippen LogP contribution in [-0.2, 0) is 4.74 Å². The molecular formula is C17H21N3O2. The zero-order valence-electron chi connectivity index (χ0n) is 12.7. The number of H-pyrrole nitrogens is 1. The van der Waals surface area contributed by atoms with Crippen molar-refractivity contribution in [2.24, 2.45) is 0 Å². The van der Waals surface area contributed by atoms with Crippen LogP contribution < -0.4 is 5.32 Å². The van der Waals surface area contributed by atoms with E-state index in [0.717, 1.165) is 42.5 Å². The maximum atomic E-state index is 12.6. The van der Waals surface area contributed by atoms with Gasteiger partial charge in [0.05, 0.1) is 18.8 Å². The first kappa shape index (κ1) is 13.8. The largest absolute Gasteiger partial charge is 0.378 e. The number of amides is 1. The van der Waals surface area contributed by atoms with Crippen LogP contribution in [-0.4, -0.2) is 54.2 Å². The van der Waals surface area contributed by atoms with Crippen molar-refractivity contribution in [2.45, 2.75) is 31.0 Å². The van der Waals surface area contributed by atoms with Gasteiger partial charge in [-0.3, -0.25) is 9.69 Å². The lowest BCUT2D eigenvalue weighted by atomic mass is 9.90. The van der Waals surface area contributed by atoms with Gasteiger partial charge in [-0.2, -0.15) is 0 Å². The minimum absolute atomic E-state index is 0.0194. The normalized spacial score (nSPS) is 28.7. The average Bonchev–Trinajstić information content (AvgIpc) is 2.92. The fourth-order valence-electron chi connectivity index (χ4n) is 3.74. The first-order chi connectivity index (χ1) is 10.7. The molecule has 2 unspecified atom stereocenters. The van der Waals surface area contributed by atoms with Crippen LogP contribution in [0.5, 0.6) is 0 Å². The summed E-state index contributed by atoms with van der Waals surface area (Å²) in [5, 5.41) is 4.20. The highest BCUT2D eigenvalue weighted by Crippen LogP contribution is 2.26. The van der Waals surface area contributed by atoms with E-state index in [1.165, 1.54) is 0 Å². The number of benzene rings is 1. The molecule has 1 amide bonds. The summed E-state index contributed by atoms with van der Waals surface area (Å²) in [6, 6.07) is 8.97. The van der Waals surface area contributed by atoms with Gasteiger partial charge in [0, 0.05) is 35.2 Å². The second kappa shape index (κ2) is 5.41. The number of aromatic nitrogens is 1. The van der Waals surface area contributed by atoms with Crippen molar-refractivity contribution in [1.29, 1.82) is 0 Å². The Bertz CT molecular complexity index is 682. The van der Waals surface area contributed by atoms with Crippen LogP contribution in [0.4, 0.5) is 0 Å². The molecule has 2 atom stereocenters. The molecule has 0 aliphatic carbocycles. The molecule has 0 spiro atoms. The standard InChI is InChI=1S/C17H21N3O2/c1-20-12-6-11(7-13(20)10-22-9-12)19-17(21)15-8-18-16-5-3-2-4-14(15)16/h2-5,8,11-13,18H,6-7,9-10H2,1H3,(H,19,21). The van der Waals surface area contributed by atoms with E-state index in [-0.39, 0.29) is 11.9 Å². The fraction of sp³-hybridized carbons (Fsp3) is 0.471. The summed E-state index contributed by atoms with van der Waals surface area (Å²) < 4.78 is 5.63. The lowest BCUT2D eigenvalue weighted by molar-refractivity contribution is -0.0670. The molecule has 2 aliphatic rings. The van der Waals surface area contributed by atoms with E-state index < -0.39 is 0 Å². The SMILES string of the molecule is CN1C2COCC1CC(NC(=O)c1c[nH]c3ccccc13)C2. The summed E-state index contributed by atoms with van der Waals surface area (Å²) in [4.78, 5) is 18.2. The monoisotopic (exact) mass is 299 g/mol. The first-order valence-corrected chi connectivity index (χ1v) is 7.89. The number of hydrogen-bond donors (Lipinski definition) is 2. The third-order valence-corrected chi connectivity index (χ3v) is 5.05. The van der Waals surface area contributed by atoms with Crippen molar-refractivity contribution >= 4 is 16.8 Å². The van der Waals surface area contributed by atoms with Crippen molar-refractivity contribution in [3.63, 3.8) is 0 Å². The van der Waals surface area contributed by atoms with E-state index in [1.807, 2.05) is 24.3 Å². The van der Waals surface area contributed by atoms with Crippen molar-refractivity contribution in [3.05, 3.63) is 36.0 Å². The van der Waals surface area contributed by atoms with E-state index in [0.29, 0.717) is 12.1 Å². The number of hydrogen-bond acceptors (Lipinski definition) is 3. The molecule has 22 heavy (non-hydrogen) atoms. The molecule has 4 rings (SSSR count). The number of nitrogens with zero attached hydrogens (tertiary/aromatic N) is 1. The zero-order valence-corrected chi connectivity index (χ0v) is 12.7. The summed E-state index contributed by atoms with van der Waals surface area (Å²) in [7, 11) is 2.16. The van der Waals surface area contributed by atoms with Gasteiger partial charge in [-0.1, -0.05) is 18.2 Å². The fourth-order valence-corrected chi connectivity index (χ4v) is 3.74. The number of carbonyl (C=O) groups excluding carboxylic acids is 1. The molecule has 2 aromatic rings. The average molecular weight is 299 g/mol. The lowest BCUT2D eigenvalue weighted by Gasteiger charge is -2.46. The number of rotatable bonds is 2. The van der Waals surface area contributed by atoms with Gasteiger partial charge in [-0.25, -0.2) is 0 Å². The van der Waals surface area contributed by atoms with Gasteiger partial charge in [0.2, 0.25) is 0 Å². The van der Waals surface area contributed by atoms with Gasteiger partial charge in [0.25, 0.3) is 5.91 Å². The van der Waals surface area contributed by atoms with E-state index in [1.54, 1.807) is 6.20 Å². The summed E-state index contributed by atoms with van der Waals surface area (Å²) >= 11 is 0. The summed E-state index contributed by atoms with van der Waals surface area (Å²) in [6.07, 6.45) is 3.72. The van der Waals surface area contributed by atoms with Gasteiger partial charge < -0.3 is 15.0 Å². The number of likely N-dealkylation sites (N-methyl/N-ethyl adjacent to an activating group) is 1. The maximum absolute atomic E-state index is 12.6. The zero-order chi connectivity index (χ0) is 15.1. The molecule has 1 aromatic heterocycles. The Morgan fingerprint density at radius 2 is 2.00 bits per heavy atom. The molecule has 0 radical (unpaired) electrons. The van der Waals surface area contributed by atoms with E-state index in [9.17, 15) is 4.79 Å². The molecule has 3 heterocycles. The minimum Gasteiger partial charge on any atom is -0.378 e. The van der Waals surface area contributed by atoms with Crippen molar-refractivity contribution in [3.8, 4) is 0 Å². The van der Waals surface area contributed by atoms with Crippen molar-refractivity contribution < 1.29 is 9.53 Å². The maximum Gasteiger partial charge on any atom is 0.253 e. The Morgan fingerprint density at radius 3 is 2.77 bits per heavy atom. The number of aromatic amines is 1. The van der Waals surface area contributed by atoms with Gasteiger partial charge in [0.1, 0.15) is 0 Å². The van der Waals surface area contributed by atoms with Crippen LogP contribution in [0.15, 0.2) is 30.5 Å². The number of fused-ring (bicyclic) bond motifs is 3. The summed E-state index contributed by atoms with van der Waals surface area (Å²) in [5.74, 6) is 0.0194. The topological polar surface area (TPSA) is 57.4 Å². The molecular weight excluding hydrogens is 278 g/mol. The number of piperidine rings is 1. The van der Waals surface area contributed by atoms with Gasteiger partial charge in [-0.15, -0.1) is 0 Å². The smallest absolute Gasteiger partial charge is 0.253 e. The minimum atomic E-state index is 0.0194. The van der Waals surface area contributed by atoms with E-state index in [4.69, 9.17) is 4.74 Å². The summed E-state index contributed by atoms with van der Waals surface area (Å²) in [5.41, 5.74) is 1.73. The van der Waals surface area contributed by atoms with Crippen LogP contribution >= 0.6 is 0 Å². The molecule has 116 valence electrons. The highest BCUT2D eigenvalue weighted by molar-refractivity contribution is 6.06. The first-order valence-electron chi connectivity index (χ1n) is 7.89. The van der Waals surface area contributed by atoms with Gasteiger partial charge in [0.15, 0.2) is 0 Å². The molecule has 1 aromatic carbocycles. The quantitative estimate of drug-likeness (QED) is 0.888. The molecule has 5 heteroatoms. The second-order valence-electron chi connectivity index (χ2n) is 6.40. The Balaban J connectivity index is 1.50. The van der Waals surface area contributed by atoms with Gasteiger partial charge in [-0.05, 0) is 26.0 Å². The van der Waals surface area contributed by atoms with E-state index >= 15 is 0 Å². The summed E-state index contributed by atoms with van der Waals surface area (Å²) in [6.45, 7) is 1.54. The Morgan fingerprint density at radius 1 is 1.27 bits per heavy atom. The highest BCUT2D eigenvalue weighted by atomic mass is 16.5. The Kier molecular flexibility index (Phi) is 3.39. The van der Waals surface area contributed by atoms with Crippen LogP contribution in [0.2, 0.25) is 0 Å².